The van der Waals surface area contributed by atoms with E-state index in [9.17, 15) is 9.90 Å². The highest BCUT2D eigenvalue weighted by Crippen LogP contribution is 2.31. The van der Waals surface area contributed by atoms with Gasteiger partial charge in [-0.25, -0.2) is 14.6 Å². The normalized spacial score (nSPS) is 17.9. The Balaban J connectivity index is 1.43. The fraction of sp³-hybridized carbons (Fsp3) is 0.444. The van der Waals surface area contributed by atoms with Gasteiger partial charge in [0.25, 0.3) is 0 Å². The molecule has 12 heteroatoms. The molecule has 4 aromatic heterocycles. The van der Waals surface area contributed by atoms with Crippen molar-refractivity contribution in [3.8, 4) is 23.1 Å². The van der Waals surface area contributed by atoms with Crippen LogP contribution in [0.1, 0.15) is 52.6 Å². The lowest BCUT2D eigenvalue weighted by molar-refractivity contribution is -0.143. The summed E-state index contributed by atoms with van der Waals surface area (Å²) in [6.45, 7) is 10.5. The van der Waals surface area contributed by atoms with Crippen LogP contribution < -0.4 is 5.32 Å². The highest BCUT2D eigenvalue weighted by Gasteiger charge is 2.36. The van der Waals surface area contributed by atoms with Crippen molar-refractivity contribution in [1.29, 1.82) is 5.26 Å². The van der Waals surface area contributed by atoms with E-state index >= 15 is 0 Å². The van der Waals surface area contributed by atoms with Crippen LogP contribution in [-0.2, 0) is 4.79 Å². The highest BCUT2D eigenvalue weighted by atomic mass is 16.3. The Labute approximate surface area is 226 Å². The summed E-state index contributed by atoms with van der Waals surface area (Å²) in [6, 6.07) is 5.56. The second-order valence-corrected chi connectivity index (χ2v) is 11.2. The van der Waals surface area contributed by atoms with Crippen molar-refractivity contribution in [2.24, 2.45) is 5.41 Å². The predicted molar refractivity (Wildman–Crippen MR) is 145 cm³/mol. The molecule has 0 aliphatic carbocycles. The molecule has 1 aliphatic rings. The maximum Gasteiger partial charge on any atom is 0.228 e. The van der Waals surface area contributed by atoms with Gasteiger partial charge < -0.3 is 15.3 Å². The summed E-state index contributed by atoms with van der Waals surface area (Å²) in [4.78, 5) is 23.4. The number of aliphatic hydroxyl groups is 1. The molecule has 2 atom stereocenters. The second-order valence-electron chi connectivity index (χ2n) is 11.2. The molecule has 0 saturated carbocycles. The van der Waals surface area contributed by atoms with Crippen LogP contribution in [-0.4, -0.2) is 75.9 Å². The Kier molecular flexibility index (Phi) is 6.78. The predicted octanol–water partition coefficient (Wildman–Crippen LogP) is 2.95. The van der Waals surface area contributed by atoms with Gasteiger partial charge in [-0.2, -0.15) is 15.0 Å². The molecule has 0 bridgehead atoms. The summed E-state index contributed by atoms with van der Waals surface area (Å²) in [5.41, 5.74) is 2.73. The van der Waals surface area contributed by atoms with E-state index in [-0.39, 0.29) is 24.5 Å². The fourth-order valence-electron chi connectivity index (χ4n) is 4.79. The first-order valence-corrected chi connectivity index (χ1v) is 13.0. The number of nitriles is 1. The van der Waals surface area contributed by atoms with E-state index in [1.165, 1.54) is 6.20 Å². The second kappa shape index (κ2) is 10.1. The molecular weight excluding hydrogens is 496 g/mol. The number of hydrogen-bond acceptors (Lipinski definition) is 9. The van der Waals surface area contributed by atoms with Crippen LogP contribution in [0.2, 0.25) is 0 Å². The van der Waals surface area contributed by atoms with Gasteiger partial charge in [0.1, 0.15) is 11.8 Å². The summed E-state index contributed by atoms with van der Waals surface area (Å²) < 4.78 is 3.31. The maximum atomic E-state index is 12.7. The smallest absolute Gasteiger partial charge is 0.228 e. The molecule has 0 spiro atoms. The number of fused-ring (bicyclic) bond motifs is 1. The number of pyridine rings is 2. The van der Waals surface area contributed by atoms with Gasteiger partial charge in [0, 0.05) is 59.6 Å². The Bertz CT molecular complexity index is 1560. The zero-order valence-corrected chi connectivity index (χ0v) is 22.7. The third-order valence-corrected chi connectivity index (χ3v) is 6.69. The third kappa shape index (κ3) is 5.18. The van der Waals surface area contributed by atoms with Crippen molar-refractivity contribution in [2.45, 2.75) is 59.2 Å². The van der Waals surface area contributed by atoms with E-state index in [0.29, 0.717) is 35.7 Å². The number of likely N-dealkylation sites (tertiary alicyclic amines) is 1. The average molecular weight is 529 g/mol. The molecule has 2 N–H and O–H groups in total. The van der Waals surface area contributed by atoms with E-state index in [0.717, 1.165) is 16.6 Å². The standard InChI is InChI=1S/C27H32N10O2/c1-16(2)32-20-9-24(37-25-18(12-31-37)8-17(10-28)11-30-25)29-13-19(20)21-14-36(34-33-21)22-6-7-35(15-23(22)38)26(39)27(3,4)5/h8-9,11-14,16,22-23,38H,6-7,15H2,1-5H3,(H,29,32)/t22?,23-/m1/s1. The molecular formula is C27H32N10O2. The number of aliphatic hydroxyl groups excluding tert-OH is 1. The number of anilines is 1. The van der Waals surface area contributed by atoms with Gasteiger partial charge in [-0.15, -0.1) is 5.10 Å². The number of aromatic nitrogens is 7. The minimum atomic E-state index is -0.754. The van der Waals surface area contributed by atoms with E-state index < -0.39 is 11.5 Å². The zero-order valence-electron chi connectivity index (χ0n) is 22.7. The first kappa shape index (κ1) is 26.2. The van der Waals surface area contributed by atoms with Crippen LogP contribution in [0.3, 0.4) is 0 Å². The van der Waals surface area contributed by atoms with Crippen molar-refractivity contribution in [3.63, 3.8) is 0 Å². The zero-order chi connectivity index (χ0) is 27.9. The van der Waals surface area contributed by atoms with E-state index in [2.05, 4.69) is 36.8 Å². The summed E-state index contributed by atoms with van der Waals surface area (Å²) in [5.74, 6) is 0.591. The number of nitrogens with zero attached hydrogens (tertiary/aromatic N) is 9. The molecule has 12 nitrogen and oxygen atoms in total. The first-order valence-electron chi connectivity index (χ1n) is 13.0. The van der Waals surface area contributed by atoms with Crippen molar-refractivity contribution in [2.75, 3.05) is 18.4 Å². The van der Waals surface area contributed by atoms with Crippen LogP contribution in [0.25, 0.3) is 28.1 Å². The Morgan fingerprint density at radius 2 is 2.00 bits per heavy atom. The summed E-state index contributed by atoms with van der Waals surface area (Å²) in [5, 5.41) is 37.4. The fourth-order valence-corrected chi connectivity index (χ4v) is 4.79. The number of carbonyl (C=O) groups is 1. The van der Waals surface area contributed by atoms with E-state index in [4.69, 9.17) is 5.26 Å². The van der Waals surface area contributed by atoms with Gasteiger partial charge in [-0.1, -0.05) is 26.0 Å². The molecule has 1 fully saturated rings. The number of rotatable bonds is 5. The van der Waals surface area contributed by atoms with Crippen molar-refractivity contribution in [3.05, 3.63) is 42.5 Å². The number of hydrogen-bond donors (Lipinski definition) is 2. The van der Waals surface area contributed by atoms with E-state index in [1.807, 2.05) is 46.9 Å². The lowest BCUT2D eigenvalue weighted by atomic mass is 9.92. The molecule has 0 radical (unpaired) electrons. The summed E-state index contributed by atoms with van der Waals surface area (Å²) >= 11 is 0. The molecule has 0 aromatic carbocycles. The molecule has 202 valence electrons. The maximum absolute atomic E-state index is 12.7. The van der Waals surface area contributed by atoms with Gasteiger partial charge in [0.2, 0.25) is 5.91 Å². The van der Waals surface area contributed by atoms with Crippen LogP contribution in [0.15, 0.2) is 36.9 Å². The number of amides is 1. The Morgan fingerprint density at radius 3 is 2.69 bits per heavy atom. The number of nitrogens with one attached hydrogen (secondary N) is 1. The molecule has 4 aromatic rings. The molecule has 1 saturated heterocycles. The number of piperidine rings is 1. The van der Waals surface area contributed by atoms with E-state index in [1.54, 1.807) is 32.7 Å². The van der Waals surface area contributed by atoms with Crippen molar-refractivity contribution >= 4 is 22.6 Å². The monoisotopic (exact) mass is 528 g/mol. The largest absolute Gasteiger partial charge is 0.389 e. The van der Waals surface area contributed by atoms with Gasteiger partial charge >= 0.3 is 0 Å². The molecule has 39 heavy (non-hydrogen) atoms. The Hall–Kier alpha value is -4.37. The first-order chi connectivity index (χ1) is 18.5. The van der Waals surface area contributed by atoms with Crippen molar-refractivity contribution in [1.82, 2.24) is 39.6 Å². The number of β-amino-alcohol motifs (C(OH)–C–C–N with tert-alkyl or cyclic N) is 1. The van der Waals surface area contributed by atoms with Crippen LogP contribution in [0.5, 0.6) is 0 Å². The molecule has 1 aliphatic heterocycles. The lowest BCUT2D eigenvalue weighted by Gasteiger charge is -2.38. The topological polar surface area (TPSA) is 151 Å². The van der Waals surface area contributed by atoms with Gasteiger partial charge in [0.15, 0.2) is 11.5 Å². The average Bonchev–Trinajstić information content (AvgIpc) is 3.54. The van der Waals surface area contributed by atoms with Crippen LogP contribution >= 0.6 is 0 Å². The molecule has 5 heterocycles. The summed E-state index contributed by atoms with van der Waals surface area (Å²) in [6.07, 6.45) is 6.52. The number of carbonyl (C=O) groups excluding carboxylic acids is 1. The minimum Gasteiger partial charge on any atom is -0.389 e. The van der Waals surface area contributed by atoms with Gasteiger partial charge in [0.05, 0.1) is 30.1 Å². The molecule has 1 amide bonds. The molecule has 5 rings (SSSR count). The lowest BCUT2D eigenvalue weighted by Crippen LogP contribution is -2.50. The Morgan fingerprint density at radius 1 is 1.21 bits per heavy atom. The van der Waals surface area contributed by atoms with Crippen molar-refractivity contribution < 1.29 is 9.90 Å². The van der Waals surface area contributed by atoms with Crippen LogP contribution in [0.4, 0.5) is 5.69 Å². The van der Waals surface area contributed by atoms with Gasteiger partial charge in [-0.05, 0) is 26.3 Å². The minimum absolute atomic E-state index is 0.0282. The van der Waals surface area contributed by atoms with Crippen LogP contribution in [0, 0.1) is 16.7 Å². The third-order valence-electron chi connectivity index (χ3n) is 6.69. The van der Waals surface area contributed by atoms with Gasteiger partial charge in [-0.3, -0.25) is 4.79 Å². The highest BCUT2D eigenvalue weighted by molar-refractivity contribution is 5.82. The quantitative estimate of drug-likeness (QED) is 0.398. The SMILES string of the molecule is CC(C)Nc1cc(-n2ncc3cc(C#N)cnc32)ncc1-c1cn(C2CCN(C(=O)C(C)(C)C)C[C@H]2O)nn1. The summed E-state index contributed by atoms with van der Waals surface area (Å²) in [7, 11) is 0. The molecule has 1 unspecified atom stereocenters.